The molecule has 1 fully saturated rings. The van der Waals surface area contributed by atoms with Crippen LogP contribution in [0, 0.1) is 35.0 Å². The number of aliphatic hydroxyl groups excluding tert-OH is 1. The summed E-state index contributed by atoms with van der Waals surface area (Å²) in [7, 11) is 0. The van der Waals surface area contributed by atoms with E-state index in [1.165, 1.54) is 5.57 Å². The van der Waals surface area contributed by atoms with Crippen LogP contribution >= 0.6 is 0 Å². The minimum absolute atomic E-state index is 0.0252. The molecule has 3 aliphatic carbocycles. The zero-order valence-electron chi connectivity index (χ0n) is 14.9. The van der Waals surface area contributed by atoms with E-state index in [0.717, 1.165) is 32.1 Å². The molecule has 0 aromatic rings. The van der Waals surface area contributed by atoms with Gasteiger partial charge in [-0.05, 0) is 61.2 Å². The number of ketones is 1. The van der Waals surface area contributed by atoms with E-state index in [-0.39, 0.29) is 11.5 Å². The van der Waals surface area contributed by atoms with Crippen LogP contribution in [0.2, 0.25) is 0 Å². The Balaban J connectivity index is 2.00. The van der Waals surface area contributed by atoms with Crippen molar-refractivity contribution in [1.82, 2.24) is 0 Å². The lowest BCUT2D eigenvalue weighted by atomic mass is 9.48. The molecule has 0 spiro atoms. The Labute approximate surface area is 135 Å². The molecule has 0 radical (unpaired) electrons. The van der Waals surface area contributed by atoms with Crippen molar-refractivity contribution in [3.8, 4) is 0 Å². The minimum Gasteiger partial charge on any atom is -0.393 e. The van der Waals surface area contributed by atoms with Crippen LogP contribution in [0.4, 0.5) is 0 Å². The van der Waals surface area contributed by atoms with Crippen LogP contribution in [0.25, 0.3) is 0 Å². The van der Waals surface area contributed by atoms with Gasteiger partial charge in [0.2, 0.25) is 0 Å². The molecular formula is C20H32O2. The Hall–Kier alpha value is -0.630. The molecule has 3 rings (SSSR count). The number of Topliss-reactive ketones (excluding diaryl/α,β-unsaturated/α-hetero) is 1. The van der Waals surface area contributed by atoms with Crippen molar-refractivity contribution in [3.05, 3.63) is 11.1 Å². The van der Waals surface area contributed by atoms with E-state index >= 15 is 0 Å². The maximum atomic E-state index is 11.9. The van der Waals surface area contributed by atoms with Gasteiger partial charge in [-0.15, -0.1) is 0 Å². The largest absolute Gasteiger partial charge is 0.393 e. The van der Waals surface area contributed by atoms with Crippen LogP contribution in [0.5, 0.6) is 0 Å². The topological polar surface area (TPSA) is 37.3 Å². The van der Waals surface area contributed by atoms with Gasteiger partial charge < -0.3 is 5.11 Å². The number of hydrogen-bond donors (Lipinski definition) is 1. The van der Waals surface area contributed by atoms with Crippen LogP contribution in [-0.2, 0) is 4.79 Å². The van der Waals surface area contributed by atoms with E-state index in [0.29, 0.717) is 35.4 Å². The van der Waals surface area contributed by atoms with Crippen molar-refractivity contribution in [3.63, 3.8) is 0 Å². The lowest BCUT2D eigenvalue weighted by molar-refractivity contribution is -0.120. The molecule has 2 nitrogen and oxygen atoms in total. The van der Waals surface area contributed by atoms with E-state index in [9.17, 15) is 9.90 Å². The highest BCUT2D eigenvalue weighted by Crippen LogP contribution is 2.59. The molecule has 22 heavy (non-hydrogen) atoms. The molecule has 4 unspecified atom stereocenters. The van der Waals surface area contributed by atoms with Gasteiger partial charge in [-0.2, -0.15) is 0 Å². The fourth-order valence-electron chi connectivity index (χ4n) is 6.13. The van der Waals surface area contributed by atoms with E-state index in [4.69, 9.17) is 0 Å². The van der Waals surface area contributed by atoms with Gasteiger partial charge in [0.25, 0.3) is 0 Å². The summed E-state index contributed by atoms with van der Waals surface area (Å²) in [6.07, 6.45) is 4.44. The smallest absolute Gasteiger partial charge is 0.137 e. The standard InChI is InChI=1S/C20H32O2/c1-11-8-15-9-16(22)6-7-17(15)19-12(2)10-20(5,14(4)21)13(3)18(11)19/h11-14,18-19,21H,6-10H2,1-5H3/t11-,12+,13?,14?,18?,19?,20+/m1/s1. The second-order valence-electron chi connectivity index (χ2n) is 8.78. The summed E-state index contributed by atoms with van der Waals surface area (Å²) in [5.74, 6) is 3.53. The number of fused-ring (bicyclic) bond motifs is 2. The molecule has 0 aliphatic heterocycles. The average molecular weight is 304 g/mol. The van der Waals surface area contributed by atoms with Gasteiger partial charge in [0.05, 0.1) is 6.10 Å². The summed E-state index contributed by atoms with van der Waals surface area (Å²) in [4.78, 5) is 11.9. The summed E-state index contributed by atoms with van der Waals surface area (Å²) in [6, 6.07) is 0. The first kappa shape index (κ1) is 16.2. The summed E-state index contributed by atoms with van der Waals surface area (Å²) < 4.78 is 0. The van der Waals surface area contributed by atoms with Crippen molar-refractivity contribution in [2.24, 2.45) is 35.0 Å². The van der Waals surface area contributed by atoms with Gasteiger partial charge in [-0.1, -0.05) is 38.8 Å². The first-order valence-corrected chi connectivity index (χ1v) is 9.16. The minimum atomic E-state index is -0.249. The van der Waals surface area contributed by atoms with Gasteiger partial charge in [0.15, 0.2) is 0 Å². The van der Waals surface area contributed by atoms with Crippen molar-refractivity contribution < 1.29 is 9.90 Å². The van der Waals surface area contributed by atoms with Crippen LogP contribution in [0.3, 0.4) is 0 Å². The highest BCUT2D eigenvalue weighted by Gasteiger charge is 2.53. The zero-order chi connectivity index (χ0) is 16.2. The third-order valence-corrected chi connectivity index (χ3v) is 7.53. The zero-order valence-corrected chi connectivity index (χ0v) is 14.9. The summed E-state index contributed by atoms with van der Waals surface area (Å²) >= 11 is 0. The van der Waals surface area contributed by atoms with Crippen molar-refractivity contribution in [2.75, 3.05) is 0 Å². The molecule has 124 valence electrons. The van der Waals surface area contributed by atoms with E-state index in [2.05, 4.69) is 27.7 Å². The van der Waals surface area contributed by atoms with Crippen LogP contribution in [0.1, 0.15) is 66.7 Å². The Kier molecular flexibility index (Phi) is 4.04. The van der Waals surface area contributed by atoms with Crippen molar-refractivity contribution in [2.45, 2.75) is 72.8 Å². The first-order valence-electron chi connectivity index (χ1n) is 9.16. The number of carbonyl (C=O) groups is 1. The molecule has 0 bridgehead atoms. The predicted octanol–water partition coefficient (Wildman–Crippen LogP) is 4.37. The first-order chi connectivity index (χ1) is 10.3. The fraction of sp³-hybridized carbons (Fsp3) is 0.850. The summed E-state index contributed by atoms with van der Waals surface area (Å²) in [6.45, 7) is 11.4. The van der Waals surface area contributed by atoms with Crippen LogP contribution < -0.4 is 0 Å². The predicted molar refractivity (Wildman–Crippen MR) is 89.4 cm³/mol. The fourth-order valence-corrected chi connectivity index (χ4v) is 6.13. The highest BCUT2D eigenvalue weighted by atomic mass is 16.3. The third-order valence-electron chi connectivity index (χ3n) is 7.53. The Morgan fingerprint density at radius 1 is 1.18 bits per heavy atom. The van der Waals surface area contributed by atoms with Gasteiger partial charge >= 0.3 is 0 Å². The molecule has 0 saturated heterocycles. The Morgan fingerprint density at radius 2 is 1.86 bits per heavy atom. The maximum absolute atomic E-state index is 11.9. The van der Waals surface area contributed by atoms with Crippen LogP contribution in [-0.4, -0.2) is 17.0 Å². The molecule has 1 saturated carbocycles. The Bertz CT molecular complexity index is 504. The van der Waals surface area contributed by atoms with Crippen molar-refractivity contribution >= 4 is 5.78 Å². The van der Waals surface area contributed by atoms with E-state index < -0.39 is 0 Å². The van der Waals surface area contributed by atoms with Crippen LogP contribution in [0.15, 0.2) is 11.1 Å². The lowest BCUT2D eigenvalue weighted by Gasteiger charge is -2.57. The number of carbonyl (C=O) groups excluding carboxylic acids is 1. The third kappa shape index (κ3) is 2.29. The summed E-state index contributed by atoms with van der Waals surface area (Å²) in [5.41, 5.74) is 3.14. The van der Waals surface area contributed by atoms with E-state index in [1.54, 1.807) is 5.57 Å². The maximum Gasteiger partial charge on any atom is 0.137 e. The number of rotatable bonds is 1. The Morgan fingerprint density at radius 3 is 2.50 bits per heavy atom. The molecule has 1 N–H and O–H groups in total. The van der Waals surface area contributed by atoms with Gasteiger partial charge in [-0.3, -0.25) is 4.79 Å². The van der Waals surface area contributed by atoms with Gasteiger partial charge in [0, 0.05) is 12.8 Å². The van der Waals surface area contributed by atoms with Crippen molar-refractivity contribution in [1.29, 1.82) is 0 Å². The molecule has 0 heterocycles. The monoisotopic (exact) mass is 304 g/mol. The van der Waals surface area contributed by atoms with E-state index in [1.807, 2.05) is 6.92 Å². The average Bonchev–Trinajstić information content (AvgIpc) is 2.43. The molecule has 0 aromatic carbocycles. The summed E-state index contributed by atoms with van der Waals surface area (Å²) in [5, 5.41) is 10.4. The normalized spacial score (nSPS) is 47.0. The SMILES string of the molecule is CC(O)[C@@]1(C)C[C@H](C)C2C3=C(CC(=O)CC3)C[C@@H](C)C2C1C. The quantitative estimate of drug-likeness (QED) is 0.730. The second-order valence-corrected chi connectivity index (χ2v) is 8.78. The number of allylic oxidation sites excluding steroid dienone is 2. The molecule has 3 aliphatic rings. The molecule has 7 atom stereocenters. The lowest BCUT2D eigenvalue weighted by Crippen LogP contribution is -2.53. The molecule has 2 heteroatoms. The van der Waals surface area contributed by atoms with Gasteiger partial charge in [-0.25, -0.2) is 0 Å². The highest BCUT2D eigenvalue weighted by molar-refractivity contribution is 5.82. The molecule has 0 amide bonds. The second kappa shape index (κ2) is 5.47. The molecular weight excluding hydrogens is 272 g/mol. The van der Waals surface area contributed by atoms with Gasteiger partial charge in [0.1, 0.15) is 5.78 Å². The molecule has 0 aromatic heterocycles. The number of aliphatic hydroxyl groups is 1. The number of hydrogen-bond acceptors (Lipinski definition) is 2.